The molecule has 110 valence electrons. The minimum atomic E-state index is -3.54. The molecule has 0 spiro atoms. The fraction of sp³-hybridized carbons (Fsp3) is 0.267. The largest absolute Gasteiger partial charge is 0.370 e. The highest BCUT2D eigenvalue weighted by Crippen LogP contribution is 2.32. The van der Waals surface area contributed by atoms with Crippen molar-refractivity contribution in [2.75, 3.05) is 22.7 Å². The van der Waals surface area contributed by atoms with Crippen molar-refractivity contribution in [3.05, 3.63) is 48.2 Å². The number of anilines is 2. The van der Waals surface area contributed by atoms with E-state index in [1.165, 1.54) is 16.6 Å². The number of para-hydroxylation sites is 1. The van der Waals surface area contributed by atoms with E-state index in [-0.39, 0.29) is 4.90 Å². The Kier molecular flexibility index (Phi) is 3.55. The van der Waals surface area contributed by atoms with Gasteiger partial charge in [0.15, 0.2) is 0 Å². The Morgan fingerprint density at radius 1 is 1.29 bits per heavy atom. The van der Waals surface area contributed by atoms with Gasteiger partial charge in [0.2, 0.25) is 0 Å². The molecule has 5 nitrogen and oxygen atoms in total. The normalized spacial score (nSPS) is 14.0. The summed E-state index contributed by atoms with van der Waals surface area (Å²) in [6.07, 6.45) is 2.27. The van der Waals surface area contributed by atoms with E-state index < -0.39 is 10.0 Å². The van der Waals surface area contributed by atoms with Crippen LogP contribution in [0.3, 0.4) is 0 Å². The second kappa shape index (κ2) is 5.37. The molecule has 0 unspecified atom stereocenters. The fourth-order valence-corrected chi connectivity index (χ4v) is 4.05. The number of nitrogens with zero attached hydrogens (tertiary/aromatic N) is 2. The molecule has 0 radical (unpaired) electrons. The van der Waals surface area contributed by atoms with Crippen LogP contribution in [-0.4, -0.2) is 26.5 Å². The Balaban J connectivity index is 2.00. The number of sulfonamides is 1. The van der Waals surface area contributed by atoms with Crippen LogP contribution in [-0.2, 0) is 16.4 Å². The highest BCUT2D eigenvalue weighted by molar-refractivity contribution is 7.92. The molecule has 6 heteroatoms. The average Bonchev–Trinajstić information content (AvgIpc) is 2.92. The summed E-state index contributed by atoms with van der Waals surface area (Å²) < 4.78 is 27.1. The monoisotopic (exact) mass is 303 g/mol. The highest BCUT2D eigenvalue weighted by atomic mass is 32.2. The first-order chi connectivity index (χ1) is 10.1. The van der Waals surface area contributed by atoms with Crippen molar-refractivity contribution < 1.29 is 8.42 Å². The van der Waals surface area contributed by atoms with Crippen LogP contribution >= 0.6 is 0 Å². The first-order valence-corrected chi connectivity index (χ1v) is 8.37. The van der Waals surface area contributed by atoms with E-state index in [4.69, 9.17) is 0 Å². The van der Waals surface area contributed by atoms with Crippen LogP contribution in [0.15, 0.2) is 47.5 Å². The molecular formula is C15H17N3O2S. The van der Waals surface area contributed by atoms with Gasteiger partial charge in [-0.15, -0.1) is 0 Å². The molecule has 1 aliphatic rings. The summed E-state index contributed by atoms with van der Waals surface area (Å²) in [6.45, 7) is 3.13. The van der Waals surface area contributed by atoms with E-state index in [0.29, 0.717) is 18.9 Å². The number of nitrogens with one attached hydrogen (secondary N) is 1. The molecule has 2 aromatic rings. The third-order valence-corrected chi connectivity index (χ3v) is 5.33. The minimum absolute atomic E-state index is 0.269. The SMILES string of the molecule is CCNc1cc(S(=O)(=O)N2CCc3ccccc32)ccn1. The second-order valence-electron chi connectivity index (χ2n) is 4.86. The molecule has 0 fully saturated rings. The quantitative estimate of drug-likeness (QED) is 0.941. The van der Waals surface area contributed by atoms with Gasteiger partial charge in [-0.25, -0.2) is 13.4 Å². The van der Waals surface area contributed by atoms with E-state index in [2.05, 4.69) is 10.3 Å². The van der Waals surface area contributed by atoms with Crippen molar-refractivity contribution in [2.24, 2.45) is 0 Å². The lowest BCUT2D eigenvalue weighted by Crippen LogP contribution is -2.29. The molecule has 0 aliphatic carbocycles. The van der Waals surface area contributed by atoms with Crippen LogP contribution in [0.1, 0.15) is 12.5 Å². The molecule has 3 rings (SSSR count). The standard InChI is InChI=1S/C15H17N3O2S/c1-2-16-15-11-13(7-9-17-15)21(19,20)18-10-8-12-5-3-4-6-14(12)18/h3-7,9,11H,2,8,10H2,1H3,(H,16,17). The van der Waals surface area contributed by atoms with Crippen molar-refractivity contribution in [3.8, 4) is 0 Å². The number of hydrogen-bond acceptors (Lipinski definition) is 4. The lowest BCUT2D eigenvalue weighted by Gasteiger charge is -2.19. The Hall–Kier alpha value is -2.08. The summed E-state index contributed by atoms with van der Waals surface area (Å²) in [4.78, 5) is 4.39. The zero-order valence-corrected chi connectivity index (χ0v) is 12.6. The number of fused-ring (bicyclic) bond motifs is 1. The van der Waals surface area contributed by atoms with E-state index in [9.17, 15) is 8.42 Å². The third-order valence-electron chi connectivity index (χ3n) is 3.52. The van der Waals surface area contributed by atoms with E-state index >= 15 is 0 Å². The number of pyridine rings is 1. The Morgan fingerprint density at radius 2 is 2.10 bits per heavy atom. The molecule has 0 bridgehead atoms. The summed E-state index contributed by atoms with van der Waals surface area (Å²) >= 11 is 0. The maximum atomic E-state index is 12.8. The Morgan fingerprint density at radius 3 is 2.90 bits per heavy atom. The number of hydrogen-bond donors (Lipinski definition) is 1. The van der Waals surface area contributed by atoms with Crippen molar-refractivity contribution in [3.63, 3.8) is 0 Å². The summed E-state index contributed by atoms with van der Waals surface area (Å²) in [5.74, 6) is 0.575. The highest BCUT2D eigenvalue weighted by Gasteiger charge is 2.30. The van der Waals surface area contributed by atoms with Crippen molar-refractivity contribution >= 4 is 21.5 Å². The van der Waals surface area contributed by atoms with E-state index in [1.807, 2.05) is 31.2 Å². The second-order valence-corrected chi connectivity index (χ2v) is 6.73. The predicted molar refractivity (Wildman–Crippen MR) is 83.1 cm³/mol. The molecule has 1 aliphatic heterocycles. The molecule has 2 heterocycles. The average molecular weight is 303 g/mol. The maximum Gasteiger partial charge on any atom is 0.264 e. The lowest BCUT2D eigenvalue weighted by atomic mass is 10.2. The van der Waals surface area contributed by atoms with Gasteiger partial charge < -0.3 is 5.32 Å². The predicted octanol–water partition coefficient (Wildman–Crippen LogP) is 2.26. The van der Waals surface area contributed by atoms with Gasteiger partial charge in [0.1, 0.15) is 5.82 Å². The van der Waals surface area contributed by atoms with E-state index in [1.54, 1.807) is 6.07 Å². The minimum Gasteiger partial charge on any atom is -0.370 e. The molecular weight excluding hydrogens is 286 g/mol. The van der Waals surface area contributed by atoms with Crippen LogP contribution in [0.2, 0.25) is 0 Å². The zero-order chi connectivity index (χ0) is 14.9. The molecule has 0 saturated carbocycles. The number of rotatable bonds is 4. The van der Waals surface area contributed by atoms with Crippen LogP contribution < -0.4 is 9.62 Å². The molecule has 0 atom stereocenters. The van der Waals surface area contributed by atoms with Crippen LogP contribution in [0.25, 0.3) is 0 Å². The molecule has 1 aromatic heterocycles. The molecule has 21 heavy (non-hydrogen) atoms. The van der Waals surface area contributed by atoms with Gasteiger partial charge in [0.05, 0.1) is 10.6 Å². The molecule has 1 N–H and O–H groups in total. The molecule has 0 saturated heterocycles. The number of benzene rings is 1. The van der Waals surface area contributed by atoms with Crippen LogP contribution in [0.4, 0.5) is 11.5 Å². The first-order valence-electron chi connectivity index (χ1n) is 6.93. The number of aromatic nitrogens is 1. The summed E-state index contributed by atoms with van der Waals surface area (Å²) in [6, 6.07) is 10.7. The van der Waals surface area contributed by atoms with Gasteiger partial charge >= 0.3 is 0 Å². The lowest BCUT2D eigenvalue weighted by molar-refractivity contribution is 0.592. The first kappa shape index (κ1) is 13.9. The smallest absolute Gasteiger partial charge is 0.264 e. The van der Waals surface area contributed by atoms with Gasteiger partial charge in [-0.2, -0.15) is 0 Å². The Labute approximate surface area is 124 Å². The van der Waals surface area contributed by atoms with E-state index in [0.717, 1.165) is 17.7 Å². The topological polar surface area (TPSA) is 62.3 Å². The summed E-state index contributed by atoms with van der Waals surface area (Å²) in [5.41, 5.74) is 1.85. The maximum absolute atomic E-state index is 12.8. The molecule has 1 aromatic carbocycles. The van der Waals surface area contributed by atoms with Gasteiger partial charge in [-0.05, 0) is 31.0 Å². The summed E-state index contributed by atoms with van der Waals surface area (Å²) in [7, 11) is -3.54. The van der Waals surface area contributed by atoms with Gasteiger partial charge in [0, 0.05) is 25.4 Å². The van der Waals surface area contributed by atoms with Gasteiger partial charge in [-0.3, -0.25) is 4.31 Å². The third kappa shape index (κ3) is 2.47. The fourth-order valence-electron chi connectivity index (χ4n) is 2.53. The van der Waals surface area contributed by atoms with Crippen LogP contribution in [0.5, 0.6) is 0 Å². The van der Waals surface area contributed by atoms with Crippen LogP contribution in [0, 0.1) is 0 Å². The van der Waals surface area contributed by atoms with Crippen molar-refractivity contribution in [1.82, 2.24) is 4.98 Å². The zero-order valence-electron chi connectivity index (χ0n) is 11.8. The van der Waals surface area contributed by atoms with Gasteiger partial charge in [0.25, 0.3) is 10.0 Å². The summed E-state index contributed by atoms with van der Waals surface area (Å²) in [5, 5.41) is 3.04. The Bertz CT molecular complexity index is 759. The van der Waals surface area contributed by atoms with Crippen molar-refractivity contribution in [1.29, 1.82) is 0 Å². The molecule has 0 amide bonds. The van der Waals surface area contributed by atoms with Gasteiger partial charge in [-0.1, -0.05) is 18.2 Å². The van der Waals surface area contributed by atoms with Crippen molar-refractivity contribution in [2.45, 2.75) is 18.2 Å².